The van der Waals surface area contributed by atoms with Crippen molar-refractivity contribution < 1.29 is 9.13 Å². The average Bonchev–Trinajstić information content (AvgIpc) is 2.32. The summed E-state index contributed by atoms with van der Waals surface area (Å²) in [6.07, 6.45) is 1.22. The lowest BCUT2D eigenvalue weighted by Gasteiger charge is -2.52. The van der Waals surface area contributed by atoms with Crippen molar-refractivity contribution in [3.63, 3.8) is 0 Å². The van der Waals surface area contributed by atoms with Gasteiger partial charge in [-0.1, -0.05) is 25.4 Å². The third-order valence-electron chi connectivity index (χ3n) is 3.81. The topological polar surface area (TPSA) is 21.3 Å². The summed E-state index contributed by atoms with van der Waals surface area (Å²) < 4.78 is 19.0. The highest BCUT2D eigenvalue weighted by Gasteiger charge is 2.48. The molecule has 4 heteroatoms. The minimum atomic E-state index is -0.389. The van der Waals surface area contributed by atoms with Gasteiger partial charge < -0.3 is 10.1 Å². The normalized spacial score (nSPS) is 25.6. The standard InChI is InChI=1S/C14H19ClFNO/c1-4-18-13-8-12(14(13,2)3)17-9-5-6-10(15)11(16)7-9/h5-7,12-13,17H,4,8H2,1-3H3. The number of benzene rings is 1. The zero-order chi connectivity index (χ0) is 13.3. The van der Waals surface area contributed by atoms with Gasteiger partial charge in [0.1, 0.15) is 5.82 Å². The summed E-state index contributed by atoms with van der Waals surface area (Å²) in [4.78, 5) is 0. The Morgan fingerprint density at radius 3 is 2.78 bits per heavy atom. The summed E-state index contributed by atoms with van der Waals surface area (Å²) in [6, 6.07) is 5.11. The molecule has 0 bridgehead atoms. The van der Waals surface area contributed by atoms with Crippen LogP contribution in [0.2, 0.25) is 5.02 Å². The van der Waals surface area contributed by atoms with Crippen LogP contribution in [0.15, 0.2) is 18.2 Å². The Balaban J connectivity index is 2.01. The summed E-state index contributed by atoms with van der Waals surface area (Å²) in [5.41, 5.74) is 0.830. The van der Waals surface area contributed by atoms with Crippen LogP contribution < -0.4 is 5.32 Å². The number of hydrogen-bond donors (Lipinski definition) is 1. The van der Waals surface area contributed by atoms with E-state index in [1.54, 1.807) is 12.1 Å². The van der Waals surface area contributed by atoms with E-state index >= 15 is 0 Å². The zero-order valence-corrected chi connectivity index (χ0v) is 11.7. The van der Waals surface area contributed by atoms with Gasteiger partial charge in [0.2, 0.25) is 0 Å². The maximum Gasteiger partial charge on any atom is 0.143 e. The maximum absolute atomic E-state index is 13.3. The summed E-state index contributed by atoms with van der Waals surface area (Å²) in [5, 5.41) is 3.50. The van der Waals surface area contributed by atoms with E-state index in [2.05, 4.69) is 19.2 Å². The van der Waals surface area contributed by atoms with Gasteiger partial charge in [0.05, 0.1) is 11.1 Å². The molecule has 0 radical (unpaired) electrons. The minimum Gasteiger partial charge on any atom is -0.381 e. The van der Waals surface area contributed by atoms with Crippen LogP contribution in [0.5, 0.6) is 0 Å². The first-order valence-electron chi connectivity index (χ1n) is 6.28. The quantitative estimate of drug-likeness (QED) is 0.890. The van der Waals surface area contributed by atoms with Gasteiger partial charge in [-0.3, -0.25) is 0 Å². The van der Waals surface area contributed by atoms with Crippen LogP contribution in [0.4, 0.5) is 10.1 Å². The number of ether oxygens (including phenoxy) is 1. The summed E-state index contributed by atoms with van der Waals surface area (Å²) in [6.45, 7) is 7.07. The third kappa shape index (κ3) is 2.47. The Kier molecular flexibility index (Phi) is 3.83. The van der Waals surface area contributed by atoms with Crippen LogP contribution in [0, 0.1) is 11.2 Å². The van der Waals surface area contributed by atoms with Gasteiger partial charge in [0.25, 0.3) is 0 Å². The average molecular weight is 272 g/mol. The van der Waals surface area contributed by atoms with Crippen molar-refractivity contribution in [2.75, 3.05) is 11.9 Å². The molecule has 0 aromatic heterocycles. The molecule has 18 heavy (non-hydrogen) atoms. The largest absolute Gasteiger partial charge is 0.381 e. The SMILES string of the molecule is CCOC1CC(Nc2ccc(Cl)c(F)c2)C1(C)C. The molecular weight excluding hydrogens is 253 g/mol. The number of hydrogen-bond acceptors (Lipinski definition) is 2. The second kappa shape index (κ2) is 5.06. The first kappa shape index (κ1) is 13.6. The second-order valence-corrected chi connectivity index (χ2v) is 5.73. The molecule has 2 atom stereocenters. The van der Waals surface area contributed by atoms with Gasteiger partial charge in [0, 0.05) is 23.8 Å². The number of rotatable bonds is 4. The van der Waals surface area contributed by atoms with Gasteiger partial charge in [0.15, 0.2) is 0 Å². The maximum atomic E-state index is 13.3. The molecule has 1 aromatic carbocycles. The molecule has 0 spiro atoms. The fraction of sp³-hybridized carbons (Fsp3) is 0.571. The lowest BCUT2D eigenvalue weighted by atomic mass is 9.64. The monoisotopic (exact) mass is 271 g/mol. The van der Waals surface area contributed by atoms with Crippen molar-refractivity contribution in [2.45, 2.75) is 39.3 Å². The van der Waals surface area contributed by atoms with Crippen LogP contribution in [-0.4, -0.2) is 18.8 Å². The van der Waals surface area contributed by atoms with E-state index in [1.165, 1.54) is 6.07 Å². The minimum absolute atomic E-state index is 0.0616. The highest BCUT2D eigenvalue weighted by Crippen LogP contribution is 2.44. The Morgan fingerprint density at radius 1 is 1.50 bits per heavy atom. The molecule has 1 aliphatic rings. The molecule has 1 N–H and O–H groups in total. The van der Waals surface area contributed by atoms with Gasteiger partial charge in [-0.05, 0) is 31.5 Å². The molecule has 2 rings (SSSR count). The van der Waals surface area contributed by atoms with Crippen LogP contribution in [0.3, 0.4) is 0 Å². The molecule has 1 aliphatic carbocycles. The molecule has 0 aliphatic heterocycles. The van der Waals surface area contributed by atoms with Gasteiger partial charge >= 0.3 is 0 Å². The van der Waals surface area contributed by atoms with E-state index < -0.39 is 0 Å². The summed E-state index contributed by atoms with van der Waals surface area (Å²) in [5.74, 6) is -0.389. The van der Waals surface area contributed by atoms with E-state index in [-0.39, 0.29) is 22.4 Å². The molecule has 2 nitrogen and oxygen atoms in total. The first-order chi connectivity index (χ1) is 8.45. The molecular formula is C14H19ClFNO. The van der Waals surface area contributed by atoms with Crippen molar-refractivity contribution in [1.29, 1.82) is 0 Å². The van der Waals surface area contributed by atoms with Gasteiger partial charge in [-0.2, -0.15) is 0 Å². The van der Waals surface area contributed by atoms with Crippen molar-refractivity contribution in [3.8, 4) is 0 Å². The van der Waals surface area contributed by atoms with E-state index in [0.717, 1.165) is 18.7 Å². The molecule has 1 aromatic rings. The van der Waals surface area contributed by atoms with E-state index in [9.17, 15) is 4.39 Å². The number of anilines is 1. The Morgan fingerprint density at radius 2 is 2.22 bits per heavy atom. The Labute approximate surface area is 112 Å². The smallest absolute Gasteiger partial charge is 0.143 e. The number of halogens is 2. The summed E-state index contributed by atoms with van der Waals surface area (Å²) in [7, 11) is 0. The van der Waals surface area contributed by atoms with Crippen LogP contribution in [0.25, 0.3) is 0 Å². The molecule has 100 valence electrons. The molecule has 0 heterocycles. The first-order valence-corrected chi connectivity index (χ1v) is 6.66. The molecule has 1 saturated carbocycles. The molecule has 1 fully saturated rings. The predicted molar refractivity (Wildman–Crippen MR) is 72.6 cm³/mol. The highest BCUT2D eigenvalue weighted by atomic mass is 35.5. The van der Waals surface area contributed by atoms with Crippen LogP contribution in [0.1, 0.15) is 27.2 Å². The Hall–Kier alpha value is -0.800. The van der Waals surface area contributed by atoms with Gasteiger partial charge in [-0.25, -0.2) is 4.39 Å². The fourth-order valence-corrected chi connectivity index (χ4v) is 2.52. The third-order valence-corrected chi connectivity index (χ3v) is 4.11. The predicted octanol–water partition coefficient (Wildman–Crippen LogP) is 4.09. The van der Waals surface area contributed by atoms with E-state index in [1.807, 2.05) is 6.92 Å². The lowest BCUT2D eigenvalue weighted by molar-refractivity contribution is -0.0975. The van der Waals surface area contributed by atoms with E-state index in [0.29, 0.717) is 6.04 Å². The highest BCUT2D eigenvalue weighted by molar-refractivity contribution is 6.30. The Bertz CT molecular complexity index is 436. The van der Waals surface area contributed by atoms with E-state index in [4.69, 9.17) is 16.3 Å². The van der Waals surface area contributed by atoms with Crippen molar-refractivity contribution >= 4 is 17.3 Å². The molecule has 0 amide bonds. The van der Waals surface area contributed by atoms with Crippen molar-refractivity contribution in [1.82, 2.24) is 0 Å². The second-order valence-electron chi connectivity index (χ2n) is 5.33. The van der Waals surface area contributed by atoms with Crippen LogP contribution >= 0.6 is 11.6 Å². The zero-order valence-electron chi connectivity index (χ0n) is 11.0. The molecule has 2 unspecified atom stereocenters. The summed E-state index contributed by atoms with van der Waals surface area (Å²) >= 11 is 5.66. The number of nitrogens with one attached hydrogen (secondary N) is 1. The van der Waals surface area contributed by atoms with Crippen molar-refractivity contribution in [3.05, 3.63) is 29.0 Å². The fourth-order valence-electron chi connectivity index (χ4n) is 2.40. The lowest BCUT2D eigenvalue weighted by Crippen LogP contribution is -2.58. The van der Waals surface area contributed by atoms with Crippen LogP contribution in [-0.2, 0) is 4.74 Å². The molecule has 0 saturated heterocycles. The van der Waals surface area contributed by atoms with Crippen molar-refractivity contribution in [2.24, 2.45) is 5.41 Å². The van der Waals surface area contributed by atoms with Gasteiger partial charge in [-0.15, -0.1) is 0 Å².